The van der Waals surface area contributed by atoms with Gasteiger partial charge >= 0.3 is 0 Å². The van der Waals surface area contributed by atoms with Gasteiger partial charge in [0.2, 0.25) is 0 Å². The molecule has 3 aromatic heterocycles. The third-order valence-corrected chi connectivity index (χ3v) is 8.94. The van der Waals surface area contributed by atoms with Crippen molar-refractivity contribution in [2.45, 2.75) is 58.4 Å². The first-order valence-corrected chi connectivity index (χ1v) is 15.5. The van der Waals surface area contributed by atoms with Crippen molar-refractivity contribution in [2.24, 2.45) is 5.92 Å². The fourth-order valence-corrected chi connectivity index (χ4v) is 6.69. The molecular weight excluding hydrogens is 515 g/mol. The Morgan fingerprint density at radius 1 is 1.08 bits per heavy atom. The summed E-state index contributed by atoms with van der Waals surface area (Å²) in [4.78, 5) is 11.0. The summed E-state index contributed by atoms with van der Waals surface area (Å²) >= 11 is 0. The Kier molecular flexibility index (Phi) is 6.13. The van der Waals surface area contributed by atoms with E-state index in [2.05, 4.69) is 30.2 Å². The quantitative estimate of drug-likeness (QED) is 0.246. The van der Waals surface area contributed by atoms with E-state index in [0.29, 0.717) is 17.4 Å². The normalized spacial score (nSPS) is 16.4. The lowest BCUT2D eigenvalue weighted by atomic mass is 9.95. The summed E-state index contributed by atoms with van der Waals surface area (Å²) in [6.45, 7) is 8.23. The molecule has 10 heteroatoms. The smallest absolute Gasteiger partial charge is 0.191 e. The van der Waals surface area contributed by atoms with Crippen molar-refractivity contribution in [3.8, 4) is 5.82 Å². The van der Waals surface area contributed by atoms with Crippen molar-refractivity contribution in [3.63, 3.8) is 0 Å². The third-order valence-electron chi connectivity index (χ3n) is 7.81. The molecular formula is C29H33FN6O2S. The van der Waals surface area contributed by atoms with Gasteiger partial charge in [0.1, 0.15) is 15.7 Å². The number of anilines is 4. The Morgan fingerprint density at radius 3 is 2.54 bits per heavy atom. The molecule has 39 heavy (non-hydrogen) atoms. The SMILES string of the molecule is CC(C)c1ccc(N[C@H](C)[C@H](C)CS(C)(=O)=O)c2cnc(N3c4cn(nc4C4CC4)-c4nccc3c4F)cc12. The molecule has 6 rings (SSSR count). The van der Waals surface area contributed by atoms with Gasteiger partial charge < -0.3 is 5.32 Å². The fourth-order valence-electron chi connectivity index (χ4n) is 5.45. The van der Waals surface area contributed by atoms with Crippen molar-refractivity contribution < 1.29 is 12.8 Å². The van der Waals surface area contributed by atoms with E-state index in [1.165, 1.54) is 6.26 Å². The van der Waals surface area contributed by atoms with Crippen molar-refractivity contribution in [3.05, 3.63) is 59.9 Å². The van der Waals surface area contributed by atoms with E-state index in [1.807, 2.05) is 43.3 Å². The predicted octanol–water partition coefficient (Wildman–Crippen LogP) is 6.22. The molecule has 204 valence electrons. The summed E-state index contributed by atoms with van der Waals surface area (Å²) < 4.78 is 40.9. The first kappa shape index (κ1) is 25.7. The summed E-state index contributed by atoms with van der Waals surface area (Å²) in [5, 5.41) is 10.2. The van der Waals surface area contributed by atoms with Gasteiger partial charge in [-0.15, -0.1) is 0 Å². The first-order valence-electron chi connectivity index (χ1n) is 13.4. The zero-order valence-corrected chi connectivity index (χ0v) is 23.6. The largest absolute Gasteiger partial charge is 0.382 e. The van der Waals surface area contributed by atoms with Gasteiger partial charge in [-0.1, -0.05) is 26.8 Å². The van der Waals surface area contributed by atoms with Crippen LogP contribution >= 0.6 is 0 Å². The highest BCUT2D eigenvalue weighted by atomic mass is 32.2. The Bertz CT molecular complexity index is 1700. The number of pyridine rings is 2. The highest BCUT2D eigenvalue weighted by Gasteiger charge is 2.36. The van der Waals surface area contributed by atoms with Crippen LogP contribution in [0.4, 0.5) is 27.3 Å². The number of nitrogens with zero attached hydrogens (tertiary/aromatic N) is 5. The Labute approximate surface area is 228 Å². The molecule has 4 bridgehead atoms. The molecule has 0 saturated heterocycles. The van der Waals surface area contributed by atoms with Crippen LogP contribution in [0.25, 0.3) is 16.6 Å². The van der Waals surface area contributed by atoms with Crippen LogP contribution in [0.15, 0.2) is 42.9 Å². The average molecular weight is 549 g/mol. The van der Waals surface area contributed by atoms with Crippen LogP contribution in [-0.4, -0.2) is 46.2 Å². The molecule has 2 aliphatic rings. The molecule has 1 fully saturated rings. The van der Waals surface area contributed by atoms with Gasteiger partial charge in [-0.2, -0.15) is 5.10 Å². The van der Waals surface area contributed by atoms with E-state index in [1.54, 1.807) is 16.9 Å². The number of aromatic nitrogens is 4. The van der Waals surface area contributed by atoms with Gasteiger partial charge in [-0.05, 0) is 60.7 Å². The third kappa shape index (κ3) is 4.64. The Balaban J connectivity index is 1.47. The molecule has 8 nitrogen and oxygen atoms in total. The van der Waals surface area contributed by atoms with E-state index >= 15 is 4.39 Å². The number of hydrogen-bond acceptors (Lipinski definition) is 7. The lowest BCUT2D eigenvalue weighted by molar-refractivity contribution is 0.538. The second-order valence-corrected chi connectivity index (χ2v) is 13.6. The molecule has 4 aromatic rings. The van der Waals surface area contributed by atoms with E-state index in [-0.39, 0.29) is 29.4 Å². The van der Waals surface area contributed by atoms with E-state index in [0.717, 1.165) is 46.2 Å². The predicted molar refractivity (Wildman–Crippen MR) is 153 cm³/mol. The molecule has 0 unspecified atom stereocenters. The lowest BCUT2D eigenvalue weighted by Gasteiger charge is -2.26. The van der Waals surface area contributed by atoms with Gasteiger partial charge in [0.05, 0.1) is 29.0 Å². The minimum atomic E-state index is -3.09. The van der Waals surface area contributed by atoms with E-state index < -0.39 is 15.7 Å². The molecule has 0 amide bonds. The molecule has 4 heterocycles. The summed E-state index contributed by atoms with van der Waals surface area (Å²) in [6.07, 6.45) is 8.68. The topological polar surface area (TPSA) is 93.0 Å². The molecule has 1 N–H and O–H groups in total. The minimum Gasteiger partial charge on any atom is -0.382 e. The highest BCUT2D eigenvalue weighted by molar-refractivity contribution is 7.90. The van der Waals surface area contributed by atoms with Crippen LogP contribution in [0, 0.1) is 11.7 Å². The van der Waals surface area contributed by atoms with Crippen LogP contribution in [-0.2, 0) is 9.84 Å². The number of sulfone groups is 1. The van der Waals surface area contributed by atoms with Gasteiger partial charge in [0, 0.05) is 41.7 Å². The van der Waals surface area contributed by atoms with Gasteiger partial charge in [0.25, 0.3) is 0 Å². The summed E-state index contributed by atoms with van der Waals surface area (Å²) in [5.41, 5.74) is 4.21. The van der Waals surface area contributed by atoms with Crippen LogP contribution < -0.4 is 10.2 Å². The standard InChI is InChI=1S/C29H33FN6O2S/c1-16(2)20-8-9-23(33-18(4)17(3)15-39(5,37)38)22-13-32-26(12-21(20)22)36-24-10-11-31-29(27(24)30)35-14-25(36)28(34-35)19-6-7-19/h8-14,16-19,33H,6-7,15H2,1-5H3/t17-,18-/m1/s1. The van der Waals surface area contributed by atoms with E-state index in [4.69, 9.17) is 10.1 Å². The maximum atomic E-state index is 15.6. The summed E-state index contributed by atoms with van der Waals surface area (Å²) in [6, 6.07) is 7.78. The zero-order chi connectivity index (χ0) is 27.6. The van der Waals surface area contributed by atoms with E-state index in [9.17, 15) is 8.42 Å². The summed E-state index contributed by atoms with van der Waals surface area (Å²) in [5.74, 6) is 1.000. The highest BCUT2D eigenvalue weighted by Crippen LogP contribution is 2.49. The number of benzene rings is 1. The molecule has 0 radical (unpaired) electrons. The second-order valence-electron chi connectivity index (χ2n) is 11.4. The lowest BCUT2D eigenvalue weighted by Crippen LogP contribution is -2.29. The molecule has 0 spiro atoms. The van der Waals surface area contributed by atoms with Crippen molar-refractivity contribution in [1.29, 1.82) is 0 Å². The number of halogens is 1. The molecule has 1 aromatic carbocycles. The van der Waals surface area contributed by atoms with Crippen molar-refractivity contribution in [2.75, 3.05) is 22.2 Å². The zero-order valence-electron chi connectivity index (χ0n) is 22.8. The maximum absolute atomic E-state index is 15.6. The first-order chi connectivity index (χ1) is 18.5. The number of rotatable bonds is 8. The maximum Gasteiger partial charge on any atom is 0.191 e. The molecule has 1 aliphatic heterocycles. The van der Waals surface area contributed by atoms with Crippen LogP contribution in [0.2, 0.25) is 0 Å². The molecule has 1 saturated carbocycles. The van der Waals surface area contributed by atoms with Gasteiger partial charge in [-0.25, -0.2) is 27.5 Å². The Hall–Kier alpha value is -3.53. The number of fused-ring (bicyclic) bond motifs is 6. The monoisotopic (exact) mass is 548 g/mol. The molecule has 2 atom stereocenters. The van der Waals surface area contributed by atoms with Crippen molar-refractivity contribution in [1.82, 2.24) is 19.7 Å². The number of hydrogen-bond donors (Lipinski definition) is 1. The van der Waals surface area contributed by atoms with Crippen molar-refractivity contribution >= 4 is 43.5 Å². The summed E-state index contributed by atoms with van der Waals surface area (Å²) in [7, 11) is -3.09. The van der Waals surface area contributed by atoms with Crippen LogP contribution in [0.5, 0.6) is 0 Å². The minimum absolute atomic E-state index is 0.0746. The van der Waals surface area contributed by atoms with Gasteiger partial charge in [0.15, 0.2) is 11.6 Å². The Morgan fingerprint density at radius 2 is 1.85 bits per heavy atom. The number of nitrogens with one attached hydrogen (secondary N) is 1. The van der Waals surface area contributed by atoms with Crippen LogP contribution in [0.3, 0.4) is 0 Å². The van der Waals surface area contributed by atoms with Gasteiger partial charge in [-0.3, -0.25) is 4.90 Å². The van der Waals surface area contributed by atoms with Crippen LogP contribution in [0.1, 0.15) is 63.6 Å². The molecule has 1 aliphatic carbocycles. The second kappa shape index (κ2) is 9.29. The average Bonchev–Trinajstić information content (AvgIpc) is 3.63. The fraction of sp³-hybridized carbons (Fsp3) is 0.414.